The van der Waals surface area contributed by atoms with Gasteiger partial charge in [-0.3, -0.25) is 0 Å². The third-order valence-electron chi connectivity index (χ3n) is 3.93. The number of hydrogen-bond donors (Lipinski definition) is 0. The summed E-state index contributed by atoms with van der Waals surface area (Å²) in [4.78, 5) is 2.33. The van der Waals surface area contributed by atoms with Gasteiger partial charge < -0.3 is 4.90 Å². The molecule has 1 nitrogen and oxygen atoms in total. The van der Waals surface area contributed by atoms with Gasteiger partial charge in [-0.25, -0.2) is 0 Å². The molecule has 0 saturated carbocycles. The van der Waals surface area contributed by atoms with Gasteiger partial charge in [0, 0.05) is 29.0 Å². The molecule has 0 aromatic heterocycles. The molecule has 2 rings (SSSR count). The molecule has 0 unspecified atom stereocenters. The molecular weight excluding hydrogens is 278 g/mol. The first-order valence-corrected chi connectivity index (χ1v) is 8.19. The molecule has 0 aliphatic rings. The van der Waals surface area contributed by atoms with Gasteiger partial charge in [0.1, 0.15) is 0 Å². The maximum atomic E-state index is 5.45. The Balaban J connectivity index is 2.22. The molecule has 0 fully saturated rings. The standard InChI is InChI=1S/C22H23N/c1-4-7-8-9-18-23(21-14-10-19(5-2)11-15-21)22-16-12-20(6-3)13-17-22/h2-3,10-17H,4,7-9,18H2,1H3. The minimum absolute atomic E-state index is 0.905. The van der Waals surface area contributed by atoms with Crippen LogP contribution in [-0.2, 0) is 0 Å². The molecule has 2 aromatic carbocycles. The van der Waals surface area contributed by atoms with E-state index in [1.54, 1.807) is 0 Å². The maximum Gasteiger partial charge on any atom is 0.0411 e. The summed E-state index contributed by atoms with van der Waals surface area (Å²) in [6, 6.07) is 16.3. The molecule has 0 N–H and O–H groups in total. The minimum atomic E-state index is 0.905. The fourth-order valence-electron chi connectivity index (χ4n) is 2.58. The Hall–Kier alpha value is -2.64. The number of terminal acetylenes is 2. The van der Waals surface area contributed by atoms with Gasteiger partial charge >= 0.3 is 0 Å². The average Bonchev–Trinajstić information content (AvgIpc) is 2.62. The highest BCUT2D eigenvalue weighted by atomic mass is 15.1. The van der Waals surface area contributed by atoms with E-state index in [0.29, 0.717) is 0 Å². The lowest BCUT2D eigenvalue weighted by atomic mass is 10.1. The van der Waals surface area contributed by atoms with Crippen molar-refractivity contribution in [2.45, 2.75) is 32.6 Å². The van der Waals surface area contributed by atoms with Crippen molar-refractivity contribution in [3.05, 3.63) is 59.7 Å². The zero-order valence-corrected chi connectivity index (χ0v) is 13.8. The van der Waals surface area contributed by atoms with Crippen molar-refractivity contribution in [3.8, 4) is 24.7 Å². The third-order valence-corrected chi connectivity index (χ3v) is 3.93. The van der Waals surface area contributed by atoms with E-state index in [9.17, 15) is 0 Å². The van der Waals surface area contributed by atoms with E-state index in [4.69, 9.17) is 12.8 Å². The van der Waals surface area contributed by atoms with E-state index in [0.717, 1.165) is 29.0 Å². The Labute approximate surface area is 140 Å². The summed E-state index contributed by atoms with van der Waals surface area (Å²) in [7, 11) is 0. The van der Waals surface area contributed by atoms with Gasteiger partial charge in [-0.2, -0.15) is 0 Å². The van der Waals surface area contributed by atoms with Crippen molar-refractivity contribution < 1.29 is 0 Å². The highest BCUT2D eigenvalue weighted by Gasteiger charge is 2.09. The topological polar surface area (TPSA) is 3.24 Å². The highest BCUT2D eigenvalue weighted by molar-refractivity contribution is 5.64. The summed E-state index contributed by atoms with van der Waals surface area (Å²) >= 11 is 0. The summed E-state index contributed by atoms with van der Waals surface area (Å²) < 4.78 is 0. The number of nitrogens with zero attached hydrogens (tertiary/aromatic N) is 1. The van der Waals surface area contributed by atoms with Gasteiger partial charge in [-0.1, -0.05) is 38.0 Å². The number of benzene rings is 2. The fraction of sp³-hybridized carbons (Fsp3) is 0.273. The lowest BCUT2D eigenvalue weighted by Crippen LogP contribution is -2.18. The quantitative estimate of drug-likeness (QED) is 0.491. The molecule has 23 heavy (non-hydrogen) atoms. The number of rotatable bonds is 7. The number of anilines is 2. The molecule has 116 valence electrons. The molecule has 2 aromatic rings. The second kappa shape index (κ2) is 8.72. The van der Waals surface area contributed by atoms with Crippen LogP contribution < -0.4 is 4.90 Å². The van der Waals surface area contributed by atoms with E-state index in [2.05, 4.69) is 47.9 Å². The molecule has 1 heteroatoms. The van der Waals surface area contributed by atoms with Crippen LogP contribution in [0.3, 0.4) is 0 Å². The molecule has 0 heterocycles. The summed E-state index contributed by atoms with van der Waals surface area (Å²) in [5, 5.41) is 0. The molecule has 0 bridgehead atoms. The molecule has 0 aliphatic carbocycles. The normalized spacial score (nSPS) is 9.87. The van der Waals surface area contributed by atoms with Crippen LogP contribution in [0.25, 0.3) is 0 Å². The van der Waals surface area contributed by atoms with Gasteiger partial charge in [0.25, 0.3) is 0 Å². The first kappa shape index (κ1) is 16.7. The Morgan fingerprint density at radius 2 is 1.22 bits per heavy atom. The van der Waals surface area contributed by atoms with Crippen molar-refractivity contribution in [2.24, 2.45) is 0 Å². The van der Waals surface area contributed by atoms with Crippen LogP contribution in [0.15, 0.2) is 48.5 Å². The van der Waals surface area contributed by atoms with Crippen molar-refractivity contribution in [2.75, 3.05) is 11.4 Å². The van der Waals surface area contributed by atoms with E-state index in [-0.39, 0.29) is 0 Å². The minimum Gasteiger partial charge on any atom is -0.341 e. The molecule has 0 atom stereocenters. The first-order valence-electron chi connectivity index (χ1n) is 8.19. The van der Waals surface area contributed by atoms with Crippen LogP contribution in [0.1, 0.15) is 43.7 Å². The van der Waals surface area contributed by atoms with Gasteiger partial charge in [0.05, 0.1) is 0 Å². The molecule has 0 aliphatic heterocycles. The molecule has 0 saturated heterocycles. The predicted octanol–water partition coefficient (Wildman–Crippen LogP) is 5.37. The maximum absolute atomic E-state index is 5.45. The fourth-order valence-corrected chi connectivity index (χ4v) is 2.58. The summed E-state index contributed by atoms with van der Waals surface area (Å²) in [5.74, 6) is 5.33. The van der Waals surface area contributed by atoms with Crippen LogP contribution in [0.4, 0.5) is 11.4 Å². The first-order chi connectivity index (χ1) is 11.3. The molecule has 0 spiro atoms. The van der Waals surface area contributed by atoms with Crippen LogP contribution >= 0.6 is 0 Å². The van der Waals surface area contributed by atoms with Crippen LogP contribution in [0.5, 0.6) is 0 Å². The Morgan fingerprint density at radius 1 is 0.739 bits per heavy atom. The highest BCUT2D eigenvalue weighted by Crippen LogP contribution is 2.26. The largest absolute Gasteiger partial charge is 0.341 e. The zero-order chi connectivity index (χ0) is 16.5. The Kier molecular flexibility index (Phi) is 6.34. The second-order valence-corrected chi connectivity index (χ2v) is 5.59. The van der Waals surface area contributed by atoms with Gasteiger partial charge in [0.15, 0.2) is 0 Å². The van der Waals surface area contributed by atoms with E-state index >= 15 is 0 Å². The zero-order valence-electron chi connectivity index (χ0n) is 13.8. The second-order valence-electron chi connectivity index (χ2n) is 5.59. The summed E-state index contributed by atoms with van der Waals surface area (Å²) in [6.07, 6.45) is 15.8. The number of unbranched alkanes of at least 4 members (excludes halogenated alkanes) is 3. The lowest BCUT2D eigenvalue weighted by molar-refractivity contribution is 0.668. The molecule has 0 amide bonds. The van der Waals surface area contributed by atoms with Crippen LogP contribution in [0, 0.1) is 24.7 Å². The predicted molar refractivity (Wildman–Crippen MR) is 99.9 cm³/mol. The van der Waals surface area contributed by atoms with Crippen molar-refractivity contribution in [1.29, 1.82) is 0 Å². The van der Waals surface area contributed by atoms with Crippen LogP contribution in [0.2, 0.25) is 0 Å². The SMILES string of the molecule is C#Cc1ccc(N(CCCCCC)c2ccc(C#C)cc2)cc1. The van der Waals surface area contributed by atoms with Crippen molar-refractivity contribution >= 4 is 11.4 Å². The summed E-state index contributed by atoms with van der Waals surface area (Å²) in [5.41, 5.74) is 4.13. The lowest BCUT2D eigenvalue weighted by Gasteiger charge is -2.25. The van der Waals surface area contributed by atoms with Gasteiger partial charge in [-0.05, 0) is 55.0 Å². The number of hydrogen-bond acceptors (Lipinski definition) is 1. The van der Waals surface area contributed by atoms with E-state index in [1.807, 2.05) is 24.3 Å². The van der Waals surface area contributed by atoms with E-state index in [1.165, 1.54) is 25.7 Å². The van der Waals surface area contributed by atoms with Crippen LogP contribution in [-0.4, -0.2) is 6.54 Å². The van der Waals surface area contributed by atoms with E-state index < -0.39 is 0 Å². The Morgan fingerprint density at radius 3 is 1.61 bits per heavy atom. The van der Waals surface area contributed by atoms with Gasteiger partial charge in [-0.15, -0.1) is 12.8 Å². The smallest absolute Gasteiger partial charge is 0.0411 e. The molecular formula is C22H23N. The Bertz CT molecular complexity index is 623. The monoisotopic (exact) mass is 301 g/mol. The van der Waals surface area contributed by atoms with Crippen molar-refractivity contribution in [3.63, 3.8) is 0 Å². The third kappa shape index (κ3) is 4.67. The molecule has 0 radical (unpaired) electrons. The summed E-state index contributed by atoms with van der Waals surface area (Å²) in [6.45, 7) is 3.22. The van der Waals surface area contributed by atoms with Gasteiger partial charge in [0.2, 0.25) is 0 Å². The average molecular weight is 301 g/mol. The van der Waals surface area contributed by atoms with Crippen molar-refractivity contribution in [1.82, 2.24) is 0 Å².